The minimum Gasteiger partial charge on any atom is -0.341 e. The first-order valence-electron chi connectivity index (χ1n) is 9.38. The van der Waals surface area contributed by atoms with Gasteiger partial charge in [0, 0.05) is 13.1 Å². The molecule has 1 fully saturated rings. The summed E-state index contributed by atoms with van der Waals surface area (Å²) in [7, 11) is 0. The van der Waals surface area contributed by atoms with Crippen LogP contribution in [-0.4, -0.2) is 46.7 Å². The molecule has 0 saturated carbocycles. The number of piperidine rings is 1. The lowest BCUT2D eigenvalue weighted by atomic mass is 9.89. The zero-order valence-electron chi connectivity index (χ0n) is 15.3. The van der Waals surface area contributed by atoms with Gasteiger partial charge in [0.2, 0.25) is 5.91 Å². The average Bonchev–Trinajstić information content (AvgIpc) is 2.98. The summed E-state index contributed by atoms with van der Waals surface area (Å²) < 4.78 is 0. The molecule has 0 aliphatic carbocycles. The van der Waals surface area contributed by atoms with E-state index in [2.05, 4.69) is 12.1 Å². The molecule has 1 unspecified atom stereocenters. The molecular weight excluding hydrogens is 340 g/mol. The van der Waals surface area contributed by atoms with Crippen LogP contribution >= 0.6 is 0 Å². The van der Waals surface area contributed by atoms with Gasteiger partial charge in [0.15, 0.2) is 0 Å². The van der Waals surface area contributed by atoms with E-state index in [0.29, 0.717) is 30.1 Å². The molecule has 0 bridgehead atoms. The van der Waals surface area contributed by atoms with Crippen molar-refractivity contribution in [3.8, 4) is 0 Å². The third kappa shape index (κ3) is 3.03. The van der Waals surface area contributed by atoms with E-state index in [1.165, 1.54) is 5.56 Å². The van der Waals surface area contributed by atoms with Crippen molar-refractivity contribution in [2.24, 2.45) is 0 Å². The summed E-state index contributed by atoms with van der Waals surface area (Å²) in [6, 6.07) is 16.3. The first-order valence-corrected chi connectivity index (χ1v) is 9.38. The molecule has 1 saturated heterocycles. The van der Waals surface area contributed by atoms with E-state index < -0.39 is 6.04 Å². The van der Waals surface area contributed by atoms with E-state index in [1.54, 1.807) is 36.1 Å². The zero-order chi connectivity index (χ0) is 19.0. The second kappa shape index (κ2) is 6.99. The molecule has 5 nitrogen and oxygen atoms in total. The van der Waals surface area contributed by atoms with Crippen LogP contribution in [0, 0.1) is 0 Å². The Balaban J connectivity index is 1.44. The maximum Gasteiger partial charge on any atom is 0.262 e. The number of benzene rings is 2. The standard InChI is InChI=1S/C22H22N2O3/c1-15(24-21(26)18-9-5-6-10-19(18)22(24)27)20(25)23-13-11-17(12-14-23)16-7-3-2-4-8-16/h2-10,15,17H,11-14H2,1H3. The van der Waals surface area contributed by atoms with E-state index in [0.717, 1.165) is 17.7 Å². The molecule has 2 aromatic carbocycles. The summed E-state index contributed by atoms with van der Waals surface area (Å²) in [5.41, 5.74) is 2.06. The maximum atomic E-state index is 13.0. The third-order valence-corrected chi connectivity index (χ3v) is 5.65. The van der Waals surface area contributed by atoms with Crippen LogP contribution in [0.25, 0.3) is 0 Å². The normalized spacial score (nSPS) is 18.6. The summed E-state index contributed by atoms with van der Waals surface area (Å²) >= 11 is 0. The molecule has 4 rings (SSSR count). The molecule has 2 aliphatic rings. The van der Waals surface area contributed by atoms with Crippen LogP contribution in [0.15, 0.2) is 54.6 Å². The summed E-state index contributed by atoms with van der Waals surface area (Å²) in [5.74, 6) is -0.466. The Morgan fingerprint density at radius 2 is 1.41 bits per heavy atom. The van der Waals surface area contributed by atoms with Crippen LogP contribution < -0.4 is 0 Å². The van der Waals surface area contributed by atoms with Crippen molar-refractivity contribution in [1.29, 1.82) is 0 Å². The van der Waals surface area contributed by atoms with Gasteiger partial charge in [-0.1, -0.05) is 42.5 Å². The van der Waals surface area contributed by atoms with Gasteiger partial charge < -0.3 is 4.90 Å². The van der Waals surface area contributed by atoms with Gasteiger partial charge in [-0.25, -0.2) is 0 Å². The van der Waals surface area contributed by atoms with E-state index in [-0.39, 0.29) is 17.7 Å². The van der Waals surface area contributed by atoms with E-state index in [4.69, 9.17) is 0 Å². The number of hydrogen-bond donors (Lipinski definition) is 0. The highest BCUT2D eigenvalue weighted by molar-refractivity contribution is 6.22. The number of amides is 3. The topological polar surface area (TPSA) is 57.7 Å². The number of likely N-dealkylation sites (tertiary alicyclic amines) is 1. The Bertz CT molecular complexity index is 850. The van der Waals surface area contributed by atoms with Gasteiger partial charge in [-0.3, -0.25) is 19.3 Å². The first kappa shape index (κ1) is 17.5. The Labute approximate surface area is 158 Å². The molecule has 1 atom stereocenters. The highest BCUT2D eigenvalue weighted by Gasteiger charge is 2.42. The second-order valence-electron chi connectivity index (χ2n) is 7.21. The zero-order valence-corrected chi connectivity index (χ0v) is 15.3. The summed E-state index contributed by atoms with van der Waals surface area (Å²) in [6.45, 7) is 2.94. The fourth-order valence-electron chi connectivity index (χ4n) is 4.09. The number of carbonyl (C=O) groups excluding carboxylic acids is 3. The molecule has 27 heavy (non-hydrogen) atoms. The molecule has 5 heteroatoms. The summed E-state index contributed by atoms with van der Waals surface area (Å²) in [6.07, 6.45) is 1.79. The lowest BCUT2D eigenvalue weighted by Crippen LogP contribution is -2.51. The van der Waals surface area contributed by atoms with Crippen LogP contribution in [0.2, 0.25) is 0 Å². The number of imide groups is 1. The Kier molecular flexibility index (Phi) is 4.52. The van der Waals surface area contributed by atoms with Gasteiger partial charge >= 0.3 is 0 Å². The molecule has 0 spiro atoms. The fraction of sp³-hybridized carbons (Fsp3) is 0.318. The number of hydrogen-bond acceptors (Lipinski definition) is 3. The average molecular weight is 362 g/mol. The van der Waals surface area contributed by atoms with Crippen molar-refractivity contribution in [3.05, 3.63) is 71.3 Å². The minimum atomic E-state index is -0.786. The van der Waals surface area contributed by atoms with Crippen LogP contribution in [0.5, 0.6) is 0 Å². The molecule has 0 N–H and O–H groups in total. The smallest absolute Gasteiger partial charge is 0.262 e. The number of carbonyl (C=O) groups is 3. The maximum absolute atomic E-state index is 13.0. The molecule has 3 amide bonds. The number of rotatable bonds is 3. The van der Waals surface area contributed by atoms with Crippen LogP contribution in [0.3, 0.4) is 0 Å². The van der Waals surface area contributed by atoms with E-state index in [9.17, 15) is 14.4 Å². The van der Waals surface area contributed by atoms with E-state index >= 15 is 0 Å². The van der Waals surface area contributed by atoms with Crippen molar-refractivity contribution < 1.29 is 14.4 Å². The largest absolute Gasteiger partial charge is 0.341 e. The lowest BCUT2D eigenvalue weighted by molar-refractivity contribution is -0.136. The molecule has 0 radical (unpaired) electrons. The molecule has 2 aliphatic heterocycles. The monoisotopic (exact) mass is 362 g/mol. The minimum absolute atomic E-state index is 0.156. The van der Waals surface area contributed by atoms with Crippen LogP contribution in [0.1, 0.15) is 52.0 Å². The SMILES string of the molecule is CC(C(=O)N1CCC(c2ccccc2)CC1)N1C(=O)c2ccccc2C1=O. The van der Waals surface area contributed by atoms with E-state index in [1.807, 2.05) is 18.2 Å². The van der Waals surface area contributed by atoms with Crippen molar-refractivity contribution in [2.45, 2.75) is 31.7 Å². The molecule has 0 aromatic heterocycles. The Morgan fingerprint density at radius 3 is 1.96 bits per heavy atom. The molecule has 2 heterocycles. The quantitative estimate of drug-likeness (QED) is 0.789. The van der Waals surface area contributed by atoms with Gasteiger partial charge in [-0.05, 0) is 43.4 Å². The van der Waals surface area contributed by atoms with Gasteiger partial charge in [0.25, 0.3) is 11.8 Å². The van der Waals surface area contributed by atoms with Gasteiger partial charge in [-0.15, -0.1) is 0 Å². The Morgan fingerprint density at radius 1 is 0.889 bits per heavy atom. The lowest BCUT2D eigenvalue weighted by Gasteiger charge is -2.35. The van der Waals surface area contributed by atoms with Crippen LogP contribution in [-0.2, 0) is 4.79 Å². The van der Waals surface area contributed by atoms with Crippen molar-refractivity contribution in [3.63, 3.8) is 0 Å². The highest BCUT2D eigenvalue weighted by Crippen LogP contribution is 2.29. The number of nitrogens with zero attached hydrogens (tertiary/aromatic N) is 2. The van der Waals surface area contributed by atoms with Crippen LogP contribution in [0.4, 0.5) is 0 Å². The van der Waals surface area contributed by atoms with Gasteiger partial charge in [0.05, 0.1) is 11.1 Å². The summed E-state index contributed by atoms with van der Waals surface area (Å²) in [4.78, 5) is 41.1. The van der Waals surface area contributed by atoms with Gasteiger partial charge in [0.1, 0.15) is 6.04 Å². The third-order valence-electron chi connectivity index (χ3n) is 5.65. The fourth-order valence-corrected chi connectivity index (χ4v) is 4.09. The molecule has 2 aromatic rings. The van der Waals surface area contributed by atoms with Gasteiger partial charge in [-0.2, -0.15) is 0 Å². The predicted octanol–water partition coefficient (Wildman–Crippen LogP) is 3.08. The predicted molar refractivity (Wildman–Crippen MR) is 101 cm³/mol. The first-order chi connectivity index (χ1) is 13.1. The second-order valence-corrected chi connectivity index (χ2v) is 7.21. The molecular formula is C22H22N2O3. The van der Waals surface area contributed by atoms with Crippen molar-refractivity contribution in [1.82, 2.24) is 9.80 Å². The number of fused-ring (bicyclic) bond motifs is 1. The van der Waals surface area contributed by atoms with Crippen molar-refractivity contribution in [2.75, 3.05) is 13.1 Å². The highest BCUT2D eigenvalue weighted by atomic mass is 16.2. The molecule has 138 valence electrons. The Hall–Kier alpha value is -2.95. The summed E-state index contributed by atoms with van der Waals surface area (Å²) in [5, 5.41) is 0. The van der Waals surface area contributed by atoms with Crippen molar-refractivity contribution >= 4 is 17.7 Å².